The highest BCUT2D eigenvalue weighted by molar-refractivity contribution is 5.61. The molecule has 0 rings (SSSR count). The molecule has 7 heavy (non-hydrogen) atoms. The van der Waals surface area contributed by atoms with Crippen molar-refractivity contribution in [3.05, 3.63) is 0 Å². The number of carbonyl (C=O) groups excluding carboxylic acids is 1. The van der Waals surface area contributed by atoms with Gasteiger partial charge in [0.15, 0.2) is 0 Å². The fourth-order valence-corrected chi connectivity index (χ4v) is 0.247. The summed E-state index contributed by atoms with van der Waals surface area (Å²) in [5, 5.41) is 0. The summed E-state index contributed by atoms with van der Waals surface area (Å²) in [6, 6.07) is 0. The maximum Gasteiger partial charge on any atom is 0.141 e. The van der Waals surface area contributed by atoms with Gasteiger partial charge in [-0.05, 0) is 12.6 Å². The molecular formula is C5H9NO. The Hall–Kier alpha value is -0.660. The second kappa shape index (κ2) is 5.34. The van der Waals surface area contributed by atoms with E-state index in [4.69, 9.17) is 0 Å². The molecule has 0 spiro atoms. The number of carbonyl (C=O) groups is 1. The zero-order valence-electron chi connectivity index (χ0n) is 4.42. The molecule has 0 aromatic carbocycles. The van der Waals surface area contributed by atoms with Gasteiger partial charge in [0, 0.05) is 0 Å². The number of aliphatic imine (C=N–C) groups is 1. The summed E-state index contributed by atoms with van der Waals surface area (Å²) in [4.78, 5) is 13.3. The van der Waals surface area contributed by atoms with Crippen LogP contribution in [0.5, 0.6) is 0 Å². The van der Waals surface area contributed by atoms with Crippen LogP contribution in [0.2, 0.25) is 0 Å². The SMILES string of the molecule is CCC=NCC=O. The van der Waals surface area contributed by atoms with Gasteiger partial charge in [0.1, 0.15) is 6.29 Å². The van der Waals surface area contributed by atoms with Crippen LogP contribution < -0.4 is 0 Å². The summed E-state index contributed by atoms with van der Waals surface area (Å²) in [5.74, 6) is 0. The number of aldehydes is 1. The molecule has 0 N–H and O–H groups in total. The molecule has 0 saturated heterocycles. The van der Waals surface area contributed by atoms with Gasteiger partial charge in [-0.15, -0.1) is 0 Å². The summed E-state index contributed by atoms with van der Waals surface area (Å²) in [6.07, 6.45) is 3.42. The Kier molecular flexibility index (Phi) is 4.84. The van der Waals surface area contributed by atoms with Crippen molar-refractivity contribution in [1.29, 1.82) is 0 Å². The summed E-state index contributed by atoms with van der Waals surface area (Å²) in [7, 11) is 0. The first-order valence-electron chi connectivity index (χ1n) is 2.33. The van der Waals surface area contributed by atoms with Gasteiger partial charge in [0.05, 0.1) is 6.54 Å². The maximum atomic E-state index is 9.57. The highest BCUT2D eigenvalue weighted by Gasteiger charge is 1.66. The summed E-state index contributed by atoms with van der Waals surface area (Å²) < 4.78 is 0. The lowest BCUT2D eigenvalue weighted by atomic mass is 10.5. The molecule has 0 aliphatic rings. The molecule has 0 amide bonds. The van der Waals surface area contributed by atoms with Crippen molar-refractivity contribution in [1.82, 2.24) is 0 Å². The first-order valence-corrected chi connectivity index (χ1v) is 2.33. The van der Waals surface area contributed by atoms with Crippen molar-refractivity contribution < 1.29 is 4.79 Å². The summed E-state index contributed by atoms with van der Waals surface area (Å²) >= 11 is 0. The highest BCUT2D eigenvalue weighted by Crippen LogP contribution is 1.66. The van der Waals surface area contributed by atoms with Gasteiger partial charge >= 0.3 is 0 Å². The Labute approximate surface area is 43.3 Å². The van der Waals surface area contributed by atoms with Crippen molar-refractivity contribution in [3.8, 4) is 0 Å². The van der Waals surface area contributed by atoms with Gasteiger partial charge in [0.25, 0.3) is 0 Å². The van der Waals surface area contributed by atoms with Crippen LogP contribution in [0.3, 0.4) is 0 Å². The van der Waals surface area contributed by atoms with E-state index in [1.807, 2.05) is 6.92 Å². The van der Waals surface area contributed by atoms with Crippen molar-refractivity contribution in [2.24, 2.45) is 4.99 Å². The predicted octanol–water partition coefficient (Wildman–Crippen LogP) is 0.666. The lowest BCUT2D eigenvalue weighted by Crippen LogP contribution is -1.78. The van der Waals surface area contributed by atoms with Crippen LogP contribution in [0.15, 0.2) is 4.99 Å². The second-order valence-corrected chi connectivity index (χ2v) is 1.12. The molecule has 0 aromatic rings. The Balaban J connectivity index is 2.92. The molecule has 0 aliphatic heterocycles. The molecule has 2 nitrogen and oxygen atoms in total. The van der Waals surface area contributed by atoms with Crippen molar-refractivity contribution in [2.45, 2.75) is 13.3 Å². The van der Waals surface area contributed by atoms with Crippen LogP contribution in [-0.4, -0.2) is 19.0 Å². The first kappa shape index (κ1) is 6.34. The molecular weight excluding hydrogens is 90.1 g/mol. The third-order valence-corrected chi connectivity index (χ3v) is 0.492. The van der Waals surface area contributed by atoms with E-state index in [0.29, 0.717) is 6.54 Å². The second-order valence-electron chi connectivity index (χ2n) is 1.12. The van der Waals surface area contributed by atoms with Gasteiger partial charge in [0.2, 0.25) is 0 Å². The molecule has 0 heterocycles. The van der Waals surface area contributed by atoms with Crippen molar-refractivity contribution in [3.63, 3.8) is 0 Å². The van der Waals surface area contributed by atoms with Gasteiger partial charge in [-0.1, -0.05) is 6.92 Å². The zero-order chi connectivity index (χ0) is 5.54. The largest absolute Gasteiger partial charge is 0.301 e. The lowest BCUT2D eigenvalue weighted by molar-refractivity contribution is -0.106. The minimum Gasteiger partial charge on any atom is -0.301 e. The average molecular weight is 99.1 g/mol. The monoisotopic (exact) mass is 99.1 g/mol. The van der Waals surface area contributed by atoms with Crippen LogP contribution in [0.4, 0.5) is 0 Å². The number of hydrogen-bond acceptors (Lipinski definition) is 2. The van der Waals surface area contributed by atoms with E-state index in [-0.39, 0.29) is 0 Å². The quantitative estimate of drug-likeness (QED) is 0.377. The normalized spacial score (nSPS) is 9.86. The van der Waals surface area contributed by atoms with Crippen molar-refractivity contribution in [2.75, 3.05) is 6.54 Å². The molecule has 0 aromatic heterocycles. The minimum atomic E-state index is 0.313. The molecule has 0 fully saturated rings. The Morgan fingerprint density at radius 1 is 1.71 bits per heavy atom. The predicted molar refractivity (Wildman–Crippen MR) is 29.7 cm³/mol. The van der Waals surface area contributed by atoms with Gasteiger partial charge < -0.3 is 4.79 Å². The Morgan fingerprint density at radius 3 is 2.86 bits per heavy atom. The lowest BCUT2D eigenvalue weighted by Gasteiger charge is -1.73. The average Bonchev–Trinajstić information content (AvgIpc) is 1.69. The molecule has 0 saturated carbocycles. The fraction of sp³-hybridized carbons (Fsp3) is 0.600. The van der Waals surface area contributed by atoms with Crippen LogP contribution in [-0.2, 0) is 4.79 Å². The Morgan fingerprint density at radius 2 is 2.43 bits per heavy atom. The summed E-state index contributed by atoms with van der Waals surface area (Å²) in [5.41, 5.74) is 0. The zero-order valence-corrected chi connectivity index (χ0v) is 4.42. The van der Waals surface area contributed by atoms with Crippen LogP contribution in [0, 0.1) is 0 Å². The van der Waals surface area contributed by atoms with Crippen LogP contribution in [0.1, 0.15) is 13.3 Å². The molecule has 0 bridgehead atoms. The molecule has 0 atom stereocenters. The number of nitrogens with zero attached hydrogens (tertiary/aromatic N) is 1. The van der Waals surface area contributed by atoms with E-state index >= 15 is 0 Å². The standard InChI is InChI=1S/C5H9NO/c1-2-3-6-4-5-7/h3,5H,2,4H2,1H3. The molecule has 2 heteroatoms. The van der Waals surface area contributed by atoms with E-state index in [2.05, 4.69) is 4.99 Å². The molecule has 0 aliphatic carbocycles. The van der Waals surface area contributed by atoms with E-state index in [0.717, 1.165) is 12.7 Å². The number of rotatable bonds is 3. The third kappa shape index (κ3) is 5.34. The number of hydrogen-bond donors (Lipinski definition) is 0. The molecule has 0 unspecified atom stereocenters. The smallest absolute Gasteiger partial charge is 0.141 e. The minimum absolute atomic E-state index is 0.313. The van der Waals surface area contributed by atoms with Crippen LogP contribution in [0.25, 0.3) is 0 Å². The topological polar surface area (TPSA) is 29.4 Å². The maximum absolute atomic E-state index is 9.57. The van der Waals surface area contributed by atoms with Gasteiger partial charge in [-0.25, -0.2) is 0 Å². The van der Waals surface area contributed by atoms with Crippen LogP contribution >= 0.6 is 0 Å². The summed E-state index contributed by atoms with van der Waals surface area (Å²) in [6.45, 7) is 2.29. The van der Waals surface area contributed by atoms with Gasteiger partial charge in [-0.3, -0.25) is 4.99 Å². The van der Waals surface area contributed by atoms with E-state index in [1.54, 1.807) is 6.21 Å². The van der Waals surface area contributed by atoms with Crippen molar-refractivity contribution >= 4 is 12.5 Å². The van der Waals surface area contributed by atoms with E-state index < -0.39 is 0 Å². The Bertz CT molecular complexity index is 68.5. The molecule has 40 valence electrons. The van der Waals surface area contributed by atoms with E-state index in [1.165, 1.54) is 0 Å². The fourth-order valence-electron chi connectivity index (χ4n) is 0.247. The third-order valence-electron chi connectivity index (χ3n) is 0.492. The first-order chi connectivity index (χ1) is 3.41. The highest BCUT2D eigenvalue weighted by atomic mass is 16.1. The van der Waals surface area contributed by atoms with Gasteiger partial charge in [-0.2, -0.15) is 0 Å². The van der Waals surface area contributed by atoms with E-state index in [9.17, 15) is 4.79 Å². The molecule has 0 radical (unpaired) electrons.